The zero-order chi connectivity index (χ0) is 20.4. The fraction of sp³-hybridized carbons (Fsp3) is 0.316. The second kappa shape index (κ2) is 8.31. The number of carbonyl (C=O) groups excluding carboxylic acids is 1. The Hall–Kier alpha value is -2.14. The van der Waals surface area contributed by atoms with Crippen LogP contribution in [0.1, 0.15) is 18.4 Å². The van der Waals surface area contributed by atoms with Gasteiger partial charge in [0.2, 0.25) is 21.1 Å². The molecule has 0 unspecified atom stereocenters. The van der Waals surface area contributed by atoms with E-state index >= 15 is 0 Å². The van der Waals surface area contributed by atoms with Gasteiger partial charge in [-0.1, -0.05) is 29.0 Å². The number of anilines is 1. The monoisotopic (exact) mass is 448 g/mol. The molecule has 0 spiro atoms. The highest BCUT2D eigenvalue weighted by Gasteiger charge is 2.32. The van der Waals surface area contributed by atoms with Crippen LogP contribution in [0.5, 0.6) is 0 Å². The summed E-state index contributed by atoms with van der Waals surface area (Å²) in [4.78, 5) is 12.9. The molecule has 1 amide bonds. The molecule has 152 valence electrons. The molecule has 0 atom stereocenters. The minimum absolute atomic E-state index is 0.134. The van der Waals surface area contributed by atoms with E-state index in [-0.39, 0.29) is 11.8 Å². The average Bonchev–Trinajstić information content (AvgIpc) is 3.40. The van der Waals surface area contributed by atoms with Crippen LogP contribution >= 0.6 is 22.7 Å². The molecule has 1 N–H and O–H groups in total. The van der Waals surface area contributed by atoms with E-state index in [4.69, 9.17) is 0 Å². The zero-order valence-electron chi connectivity index (χ0n) is 15.7. The molecule has 10 heteroatoms. The Labute approximate surface area is 177 Å². The van der Waals surface area contributed by atoms with Crippen LogP contribution in [0.25, 0.3) is 10.6 Å². The molecule has 3 aromatic rings. The lowest BCUT2D eigenvalue weighted by Crippen LogP contribution is -2.41. The number of amides is 1. The number of aromatic nitrogens is 2. The van der Waals surface area contributed by atoms with Crippen molar-refractivity contribution in [3.05, 3.63) is 46.7 Å². The van der Waals surface area contributed by atoms with Crippen LogP contribution in [0.15, 0.2) is 46.0 Å². The van der Waals surface area contributed by atoms with Gasteiger partial charge in [0.1, 0.15) is 5.01 Å². The zero-order valence-corrected chi connectivity index (χ0v) is 18.2. The summed E-state index contributed by atoms with van der Waals surface area (Å²) in [6.45, 7) is 2.57. The van der Waals surface area contributed by atoms with Crippen molar-refractivity contribution in [3.8, 4) is 10.6 Å². The average molecular weight is 449 g/mol. The second-order valence-corrected chi connectivity index (χ2v) is 10.6. The van der Waals surface area contributed by atoms with Crippen molar-refractivity contribution in [1.82, 2.24) is 14.5 Å². The molecule has 0 saturated carbocycles. The van der Waals surface area contributed by atoms with Gasteiger partial charge in [-0.2, -0.15) is 15.6 Å². The predicted molar refractivity (Wildman–Crippen MR) is 115 cm³/mol. The van der Waals surface area contributed by atoms with E-state index in [1.165, 1.54) is 15.6 Å². The molecular weight excluding hydrogens is 428 g/mol. The number of thiophene rings is 1. The Bertz CT molecular complexity index is 1080. The van der Waals surface area contributed by atoms with Crippen LogP contribution in [0.4, 0.5) is 5.13 Å². The van der Waals surface area contributed by atoms with Crippen molar-refractivity contribution in [1.29, 1.82) is 0 Å². The fourth-order valence-corrected chi connectivity index (χ4v) is 6.13. The molecule has 1 aliphatic heterocycles. The Morgan fingerprint density at radius 1 is 1.14 bits per heavy atom. The number of aryl methyl sites for hydroxylation is 1. The van der Waals surface area contributed by atoms with E-state index < -0.39 is 10.0 Å². The smallest absolute Gasteiger partial charge is 0.243 e. The summed E-state index contributed by atoms with van der Waals surface area (Å²) in [5, 5.41) is 16.2. The molecule has 1 aliphatic rings. The van der Waals surface area contributed by atoms with Crippen molar-refractivity contribution < 1.29 is 13.2 Å². The second-order valence-electron chi connectivity index (χ2n) is 6.91. The molecule has 7 nitrogen and oxygen atoms in total. The van der Waals surface area contributed by atoms with Crippen LogP contribution in [-0.2, 0) is 14.8 Å². The van der Waals surface area contributed by atoms with E-state index in [1.807, 2.05) is 23.8 Å². The van der Waals surface area contributed by atoms with Crippen LogP contribution in [-0.4, -0.2) is 41.9 Å². The largest absolute Gasteiger partial charge is 0.300 e. The number of sulfonamides is 1. The summed E-state index contributed by atoms with van der Waals surface area (Å²) in [6, 6.07) is 8.80. The van der Waals surface area contributed by atoms with Gasteiger partial charge in [-0.3, -0.25) is 4.79 Å². The Balaban J connectivity index is 1.35. The summed E-state index contributed by atoms with van der Waals surface area (Å²) in [5.41, 5.74) is 2.00. The summed E-state index contributed by atoms with van der Waals surface area (Å²) in [5.74, 6) is -0.377. The van der Waals surface area contributed by atoms with Gasteiger partial charge >= 0.3 is 0 Å². The van der Waals surface area contributed by atoms with Crippen molar-refractivity contribution in [2.45, 2.75) is 24.7 Å². The molecule has 4 rings (SSSR count). The molecule has 1 saturated heterocycles. The first-order valence-corrected chi connectivity index (χ1v) is 12.4. The fourth-order valence-electron chi connectivity index (χ4n) is 3.20. The SMILES string of the molecule is Cc1ccc(S(=O)(=O)N2CCC(C(=O)Nc3nnc(-c4ccsc4)s3)CC2)cc1. The minimum Gasteiger partial charge on any atom is -0.300 e. The van der Waals surface area contributed by atoms with Gasteiger partial charge in [0.05, 0.1) is 4.90 Å². The molecule has 2 aromatic heterocycles. The number of carbonyl (C=O) groups is 1. The van der Waals surface area contributed by atoms with Crippen LogP contribution < -0.4 is 5.32 Å². The van der Waals surface area contributed by atoms with E-state index in [9.17, 15) is 13.2 Å². The summed E-state index contributed by atoms with van der Waals surface area (Å²) in [6.07, 6.45) is 0.959. The van der Waals surface area contributed by atoms with Crippen LogP contribution in [0.2, 0.25) is 0 Å². The van der Waals surface area contributed by atoms with E-state index in [0.29, 0.717) is 36.0 Å². The number of hydrogen-bond acceptors (Lipinski definition) is 7. The van der Waals surface area contributed by atoms with Crippen LogP contribution in [0.3, 0.4) is 0 Å². The van der Waals surface area contributed by atoms with Crippen LogP contribution in [0, 0.1) is 12.8 Å². The Morgan fingerprint density at radius 3 is 2.52 bits per heavy atom. The molecule has 1 aromatic carbocycles. The van der Waals surface area contributed by atoms with Crippen molar-refractivity contribution >= 4 is 43.7 Å². The quantitative estimate of drug-likeness (QED) is 0.644. The molecule has 29 heavy (non-hydrogen) atoms. The maximum Gasteiger partial charge on any atom is 0.243 e. The number of nitrogens with one attached hydrogen (secondary N) is 1. The van der Waals surface area contributed by atoms with Gasteiger partial charge in [-0.05, 0) is 43.3 Å². The third-order valence-electron chi connectivity index (χ3n) is 4.91. The van der Waals surface area contributed by atoms with Gasteiger partial charge in [0, 0.05) is 30.0 Å². The lowest BCUT2D eigenvalue weighted by Gasteiger charge is -2.30. The van der Waals surface area contributed by atoms with Gasteiger partial charge in [-0.15, -0.1) is 10.2 Å². The summed E-state index contributed by atoms with van der Waals surface area (Å²) >= 11 is 2.91. The molecule has 0 aliphatic carbocycles. The normalized spacial score (nSPS) is 16.0. The van der Waals surface area contributed by atoms with Crippen molar-refractivity contribution in [2.24, 2.45) is 5.92 Å². The molecule has 0 bridgehead atoms. The number of hydrogen-bond donors (Lipinski definition) is 1. The van der Waals surface area contributed by atoms with Gasteiger partial charge in [0.25, 0.3) is 0 Å². The lowest BCUT2D eigenvalue weighted by molar-refractivity contribution is -0.120. The maximum atomic E-state index is 12.8. The van der Waals surface area contributed by atoms with Gasteiger partial charge < -0.3 is 5.32 Å². The molecule has 3 heterocycles. The highest BCUT2D eigenvalue weighted by Crippen LogP contribution is 2.29. The standard InChI is InChI=1S/C19H20N4O3S3/c1-13-2-4-16(5-3-13)29(25,26)23-9-6-14(7-10-23)17(24)20-19-22-21-18(28-19)15-8-11-27-12-15/h2-5,8,11-12,14H,6-7,9-10H2,1H3,(H,20,22,24). The molecule has 0 radical (unpaired) electrons. The first-order valence-electron chi connectivity index (χ1n) is 9.17. The van der Waals surface area contributed by atoms with E-state index in [2.05, 4.69) is 15.5 Å². The summed E-state index contributed by atoms with van der Waals surface area (Å²) < 4.78 is 27.0. The third-order valence-corrected chi connectivity index (χ3v) is 8.39. The first-order chi connectivity index (χ1) is 13.9. The van der Waals surface area contributed by atoms with Crippen molar-refractivity contribution in [3.63, 3.8) is 0 Å². The third kappa shape index (κ3) is 4.40. The minimum atomic E-state index is -3.53. The van der Waals surface area contributed by atoms with Gasteiger partial charge in [-0.25, -0.2) is 8.42 Å². The van der Waals surface area contributed by atoms with E-state index in [1.54, 1.807) is 35.6 Å². The number of benzene rings is 1. The number of nitrogens with zero attached hydrogens (tertiary/aromatic N) is 3. The maximum absolute atomic E-state index is 12.8. The Morgan fingerprint density at radius 2 is 1.86 bits per heavy atom. The molecule has 1 fully saturated rings. The first kappa shape index (κ1) is 20.1. The number of piperidine rings is 1. The summed E-state index contributed by atoms with van der Waals surface area (Å²) in [7, 11) is -3.53. The van der Waals surface area contributed by atoms with Crippen molar-refractivity contribution in [2.75, 3.05) is 18.4 Å². The van der Waals surface area contributed by atoms with E-state index in [0.717, 1.165) is 16.1 Å². The Kier molecular flexibility index (Phi) is 5.77. The lowest BCUT2D eigenvalue weighted by atomic mass is 9.97. The number of rotatable bonds is 5. The highest BCUT2D eigenvalue weighted by atomic mass is 32.2. The topological polar surface area (TPSA) is 92.3 Å². The predicted octanol–water partition coefficient (Wildman–Crippen LogP) is 3.61. The van der Waals surface area contributed by atoms with Gasteiger partial charge in [0.15, 0.2) is 0 Å². The highest BCUT2D eigenvalue weighted by molar-refractivity contribution is 7.89. The molecular formula is C19H20N4O3S3.